The van der Waals surface area contributed by atoms with Crippen molar-refractivity contribution in [3.05, 3.63) is 88.2 Å². The molecule has 33 heavy (non-hydrogen) atoms. The van der Waals surface area contributed by atoms with E-state index in [4.69, 9.17) is 23.2 Å². The number of benzene rings is 2. The van der Waals surface area contributed by atoms with Gasteiger partial charge in [-0.3, -0.25) is 19.4 Å². The zero-order valence-corrected chi connectivity index (χ0v) is 18.9. The fourth-order valence-corrected chi connectivity index (χ4v) is 4.07. The molecule has 1 aromatic heterocycles. The summed E-state index contributed by atoms with van der Waals surface area (Å²) in [4.78, 5) is 44.0. The molecule has 7 nitrogen and oxygen atoms in total. The zero-order valence-electron chi connectivity index (χ0n) is 17.4. The van der Waals surface area contributed by atoms with Crippen LogP contribution < -0.4 is 10.6 Å². The van der Waals surface area contributed by atoms with Gasteiger partial charge >= 0.3 is 0 Å². The van der Waals surface area contributed by atoms with Gasteiger partial charge in [0.25, 0.3) is 11.8 Å². The quantitative estimate of drug-likeness (QED) is 0.541. The van der Waals surface area contributed by atoms with Crippen molar-refractivity contribution >= 4 is 52.3 Å². The Balaban J connectivity index is 1.46. The summed E-state index contributed by atoms with van der Waals surface area (Å²) >= 11 is 12.2. The number of carbonyl (C=O) groups is 3. The number of hydrogen-bond donors (Lipinski definition) is 2. The highest BCUT2D eigenvalue weighted by Crippen LogP contribution is 2.27. The van der Waals surface area contributed by atoms with Crippen molar-refractivity contribution in [3.63, 3.8) is 0 Å². The summed E-state index contributed by atoms with van der Waals surface area (Å²) < 4.78 is 0. The number of pyridine rings is 1. The fraction of sp³-hybridized carbons (Fsp3) is 0.167. The van der Waals surface area contributed by atoms with Gasteiger partial charge in [-0.05, 0) is 61.4 Å². The number of anilines is 2. The van der Waals surface area contributed by atoms with Gasteiger partial charge in [-0.2, -0.15) is 0 Å². The summed E-state index contributed by atoms with van der Waals surface area (Å²) in [6.07, 6.45) is 4.38. The van der Waals surface area contributed by atoms with Crippen molar-refractivity contribution in [2.24, 2.45) is 0 Å². The van der Waals surface area contributed by atoms with Crippen LogP contribution in [0.2, 0.25) is 10.0 Å². The van der Waals surface area contributed by atoms with Crippen LogP contribution in [0.4, 0.5) is 11.4 Å². The standard InChI is InChI=1S/C24H20Cl2N4O3/c25-16-6-7-20(26)19(14-16)24(33)30-12-2-5-21(30)23(32)29-18-4-1-3-15(13-18)22(31)28-17-8-10-27-11-9-17/h1,3-4,6-11,13-14,21H,2,5,12H2,(H,29,32)(H,27,28,31). The van der Waals surface area contributed by atoms with Crippen molar-refractivity contribution in [1.29, 1.82) is 0 Å². The molecule has 0 radical (unpaired) electrons. The Morgan fingerprint density at radius 3 is 2.52 bits per heavy atom. The first kappa shape index (κ1) is 22.8. The second kappa shape index (κ2) is 10.0. The summed E-state index contributed by atoms with van der Waals surface area (Å²) in [5.74, 6) is -0.984. The average Bonchev–Trinajstić information content (AvgIpc) is 3.31. The molecular formula is C24H20Cl2N4O3. The molecule has 0 aliphatic carbocycles. The normalized spacial score (nSPS) is 15.2. The molecule has 2 heterocycles. The highest BCUT2D eigenvalue weighted by molar-refractivity contribution is 6.35. The Morgan fingerprint density at radius 1 is 0.939 bits per heavy atom. The third-order valence-electron chi connectivity index (χ3n) is 5.31. The Hall–Kier alpha value is -3.42. The monoisotopic (exact) mass is 482 g/mol. The van der Waals surface area contributed by atoms with Crippen molar-refractivity contribution in [2.75, 3.05) is 17.2 Å². The summed E-state index contributed by atoms with van der Waals surface area (Å²) in [5.41, 5.74) is 1.72. The van der Waals surface area contributed by atoms with Crippen molar-refractivity contribution in [1.82, 2.24) is 9.88 Å². The van der Waals surface area contributed by atoms with Gasteiger partial charge in [-0.25, -0.2) is 0 Å². The van der Waals surface area contributed by atoms with E-state index >= 15 is 0 Å². The average molecular weight is 483 g/mol. The maximum absolute atomic E-state index is 13.0. The number of carbonyl (C=O) groups excluding carboxylic acids is 3. The van der Waals surface area contributed by atoms with Crippen LogP contribution in [-0.4, -0.2) is 40.2 Å². The van der Waals surface area contributed by atoms with Crippen LogP contribution in [0.15, 0.2) is 67.0 Å². The van der Waals surface area contributed by atoms with Gasteiger partial charge in [0.1, 0.15) is 6.04 Å². The lowest BCUT2D eigenvalue weighted by molar-refractivity contribution is -0.119. The minimum atomic E-state index is -0.651. The number of amides is 3. The largest absolute Gasteiger partial charge is 0.327 e. The molecule has 0 spiro atoms. The second-order valence-electron chi connectivity index (χ2n) is 7.54. The maximum Gasteiger partial charge on any atom is 0.256 e. The SMILES string of the molecule is O=C(Nc1ccncc1)c1cccc(NC(=O)C2CCCN2C(=O)c2cc(Cl)ccc2Cl)c1. The van der Waals surface area contributed by atoms with Crippen molar-refractivity contribution in [3.8, 4) is 0 Å². The van der Waals surface area contributed by atoms with Gasteiger partial charge in [0, 0.05) is 40.9 Å². The number of likely N-dealkylation sites (tertiary alicyclic amines) is 1. The van der Waals surface area contributed by atoms with E-state index in [0.29, 0.717) is 41.3 Å². The molecule has 9 heteroatoms. The summed E-state index contributed by atoms with van der Waals surface area (Å²) in [5, 5.41) is 6.27. The van der Waals surface area contributed by atoms with Gasteiger partial charge < -0.3 is 15.5 Å². The Morgan fingerprint density at radius 2 is 1.73 bits per heavy atom. The molecule has 1 unspecified atom stereocenters. The molecule has 3 aromatic rings. The smallest absolute Gasteiger partial charge is 0.256 e. The van der Waals surface area contributed by atoms with Crippen LogP contribution in [0.1, 0.15) is 33.6 Å². The molecule has 0 bridgehead atoms. The first-order valence-corrected chi connectivity index (χ1v) is 11.1. The first-order valence-electron chi connectivity index (χ1n) is 10.3. The summed E-state index contributed by atoms with van der Waals surface area (Å²) in [7, 11) is 0. The van der Waals surface area contributed by atoms with E-state index in [1.54, 1.807) is 60.9 Å². The minimum absolute atomic E-state index is 0.263. The van der Waals surface area contributed by atoms with Crippen molar-refractivity contribution in [2.45, 2.75) is 18.9 Å². The molecule has 168 valence electrons. The van der Waals surface area contributed by atoms with Gasteiger partial charge in [-0.1, -0.05) is 29.3 Å². The topological polar surface area (TPSA) is 91.4 Å². The van der Waals surface area contributed by atoms with Crippen molar-refractivity contribution < 1.29 is 14.4 Å². The van der Waals surface area contributed by atoms with Crippen LogP contribution in [0.5, 0.6) is 0 Å². The molecule has 3 amide bonds. The number of nitrogens with one attached hydrogen (secondary N) is 2. The summed E-state index contributed by atoms with van der Waals surface area (Å²) in [6, 6.07) is 14.0. The number of rotatable bonds is 5. The Bertz CT molecular complexity index is 1200. The molecule has 1 aliphatic heterocycles. The molecule has 0 saturated carbocycles. The molecule has 1 aliphatic rings. The van der Waals surface area contributed by atoms with E-state index < -0.39 is 6.04 Å². The van der Waals surface area contributed by atoms with Gasteiger partial charge in [0.2, 0.25) is 5.91 Å². The first-order chi connectivity index (χ1) is 15.9. The molecule has 2 N–H and O–H groups in total. The highest BCUT2D eigenvalue weighted by atomic mass is 35.5. The van der Waals surface area contributed by atoms with E-state index in [0.717, 1.165) is 0 Å². The van der Waals surface area contributed by atoms with E-state index in [1.165, 1.54) is 11.0 Å². The number of halogens is 2. The number of aromatic nitrogens is 1. The van der Waals surface area contributed by atoms with E-state index in [-0.39, 0.29) is 28.3 Å². The molecule has 1 saturated heterocycles. The van der Waals surface area contributed by atoms with E-state index in [9.17, 15) is 14.4 Å². The summed E-state index contributed by atoms with van der Waals surface area (Å²) in [6.45, 7) is 0.439. The Labute approximate surface area is 200 Å². The van der Waals surface area contributed by atoms with E-state index in [1.807, 2.05) is 0 Å². The minimum Gasteiger partial charge on any atom is -0.327 e. The van der Waals surface area contributed by atoms with Crippen LogP contribution in [0.3, 0.4) is 0 Å². The Kier molecular flexibility index (Phi) is 6.91. The van der Waals surface area contributed by atoms with E-state index in [2.05, 4.69) is 15.6 Å². The predicted octanol–water partition coefficient (Wildman–Crippen LogP) is 4.88. The molecule has 1 atom stereocenters. The molecule has 1 fully saturated rings. The predicted molar refractivity (Wildman–Crippen MR) is 128 cm³/mol. The van der Waals surface area contributed by atoms with Crippen LogP contribution in [0.25, 0.3) is 0 Å². The second-order valence-corrected chi connectivity index (χ2v) is 8.38. The number of nitrogens with zero attached hydrogens (tertiary/aromatic N) is 2. The van der Waals surface area contributed by atoms with Crippen LogP contribution in [0, 0.1) is 0 Å². The highest BCUT2D eigenvalue weighted by Gasteiger charge is 2.35. The zero-order chi connectivity index (χ0) is 23.4. The fourth-order valence-electron chi connectivity index (χ4n) is 3.70. The van der Waals surface area contributed by atoms with Gasteiger partial charge in [0.05, 0.1) is 10.6 Å². The lowest BCUT2D eigenvalue weighted by Crippen LogP contribution is -2.43. The molecular weight excluding hydrogens is 463 g/mol. The maximum atomic E-state index is 13.0. The van der Waals surface area contributed by atoms with Gasteiger partial charge in [-0.15, -0.1) is 0 Å². The third-order valence-corrected chi connectivity index (χ3v) is 5.87. The molecule has 2 aromatic carbocycles. The van der Waals surface area contributed by atoms with Gasteiger partial charge in [0.15, 0.2) is 0 Å². The lowest BCUT2D eigenvalue weighted by atomic mass is 10.1. The molecule has 4 rings (SSSR count). The lowest BCUT2D eigenvalue weighted by Gasteiger charge is -2.24. The number of hydrogen-bond acceptors (Lipinski definition) is 4. The van der Waals surface area contributed by atoms with Crippen LogP contribution >= 0.6 is 23.2 Å². The van der Waals surface area contributed by atoms with Crippen LogP contribution in [-0.2, 0) is 4.79 Å². The third kappa shape index (κ3) is 5.32.